The summed E-state index contributed by atoms with van der Waals surface area (Å²) < 4.78 is 18.7. The van der Waals surface area contributed by atoms with E-state index in [4.69, 9.17) is 4.52 Å². The molecule has 2 rings (SSSR count). The first-order chi connectivity index (χ1) is 9.43. The van der Waals surface area contributed by atoms with Gasteiger partial charge in [0.05, 0.1) is 5.41 Å². The molecule has 0 aliphatic heterocycles. The molecule has 2 aromatic rings. The number of likely N-dealkylation sites (N-methyl/N-ethyl adjacent to an activating group) is 1. The SMILES string of the molecule is CNC(C)Cc1noc(C(C)(C)c2cccc(F)c2)n1.Cl. The van der Waals surface area contributed by atoms with Crippen LogP contribution in [0.2, 0.25) is 0 Å². The van der Waals surface area contributed by atoms with E-state index in [2.05, 4.69) is 15.5 Å². The van der Waals surface area contributed by atoms with Crippen molar-refractivity contribution in [2.45, 2.75) is 38.6 Å². The lowest BCUT2D eigenvalue weighted by Gasteiger charge is -2.20. The van der Waals surface area contributed by atoms with Crippen molar-refractivity contribution < 1.29 is 8.91 Å². The van der Waals surface area contributed by atoms with Crippen LogP contribution in [0.3, 0.4) is 0 Å². The van der Waals surface area contributed by atoms with Gasteiger partial charge in [-0.2, -0.15) is 4.98 Å². The highest BCUT2D eigenvalue weighted by molar-refractivity contribution is 5.85. The zero-order valence-electron chi connectivity index (χ0n) is 12.7. The number of benzene rings is 1. The number of aromatic nitrogens is 2. The smallest absolute Gasteiger partial charge is 0.236 e. The summed E-state index contributed by atoms with van der Waals surface area (Å²) in [4.78, 5) is 4.44. The van der Waals surface area contributed by atoms with Crippen LogP contribution in [-0.4, -0.2) is 23.2 Å². The molecule has 0 aliphatic carbocycles. The first-order valence-corrected chi connectivity index (χ1v) is 6.70. The van der Waals surface area contributed by atoms with Crippen molar-refractivity contribution in [3.05, 3.63) is 47.4 Å². The quantitative estimate of drug-likeness (QED) is 0.921. The van der Waals surface area contributed by atoms with Crippen molar-refractivity contribution in [3.63, 3.8) is 0 Å². The van der Waals surface area contributed by atoms with E-state index < -0.39 is 5.41 Å². The van der Waals surface area contributed by atoms with Gasteiger partial charge in [0.25, 0.3) is 0 Å². The zero-order valence-corrected chi connectivity index (χ0v) is 13.5. The molecule has 0 fully saturated rings. The molecule has 1 atom stereocenters. The monoisotopic (exact) mass is 313 g/mol. The zero-order chi connectivity index (χ0) is 14.8. The Bertz CT molecular complexity index is 586. The van der Waals surface area contributed by atoms with Crippen LogP contribution in [0.15, 0.2) is 28.8 Å². The van der Waals surface area contributed by atoms with Crippen molar-refractivity contribution in [2.24, 2.45) is 0 Å². The summed E-state index contributed by atoms with van der Waals surface area (Å²) in [7, 11) is 1.89. The highest BCUT2D eigenvalue weighted by Gasteiger charge is 2.30. The summed E-state index contributed by atoms with van der Waals surface area (Å²) in [6.07, 6.45) is 0.694. The van der Waals surface area contributed by atoms with Crippen molar-refractivity contribution in [1.82, 2.24) is 15.5 Å². The maximum atomic E-state index is 13.4. The minimum absolute atomic E-state index is 0. The molecule has 0 saturated carbocycles. The van der Waals surface area contributed by atoms with Gasteiger partial charge in [-0.1, -0.05) is 17.3 Å². The van der Waals surface area contributed by atoms with E-state index in [1.54, 1.807) is 6.07 Å². The Balaban J connectivity index is 0.00000220. The topological polar surface area (TPSA) is 51.0 Å². The lowest BCUT2D eigenvalue weighted by molar-refractivity contribution is 0.328. The molecule has 1 unspecified atom stereocenters. The van der Waals surface area contributed by atoms with Gasteiger partial charge in [0.2, 0.25) is 5.89 Å². The predicted octanol–water partition coefficient (Wildman–Crippen LogP) is 3.11. The summed E-state index contributed by atoms with van der Waals surface area (Å²) in [5.74, 6) is 0.895. The normalized spacial score (nSPS) is 12.8. The molecular weight excluding hydrogens is 293 g/mol. The van der Waals surface area contributed by atoms with E-state index in [1.807, 2.05) is 33.9 Å². The van der Waals surface area contributed by atoms with E-state index >= 15 is 0 Å². The molecule has 1 aromatic carbocycles. The molecule has 0 aliphatic rings. The first kappa shape index (κ1) is 17.6. The average molecular weight is 314 g/mol. The molecule has 0 radical (unpaired) electrons. The summed E-state index contributed by atoms with van der Waals surface area (Å²) in [6.45, 7) is 5.94. The van der Waals surface area contributed by atoms with E-state index in [-0.39, 0.29) is 24.3 Å². The van der Waals surface area contributed by atoms with Gasteiger partial charge in [0, 0.05) is 12.5 Å². The highest BCUT2D eigenvalue weighted by Crippen LogP contribution is 2.30. The van der Waals surface area contributed by atoms with Crippen LogP contribution < -0.4 is 5.32 Å². The number of rotatable bonds is 5. The van der Waals surface area contributed by atoms with Gasteiger partial charge in [0.15, 0.2) is 5.82 Å². The molecule has 21 heavy (non-hydrogen) atoms. The van der Waals surface area contributed by atoms with E-state index in [0.717, 1.165) is 5.56 Å². The van der Waals surface area contributed by atoms with Gasteiger partial charge in [-0.05, 0) is 45.5 Å². The van der Waals surface area contributed by atoms with E-state index in [1.165, 1.54) is 12.1 Å². The minimum atomic E-state index is -0.518. The Kier molecular flexibility index (Phi) is 5.87. The number of nitrogens with zero attached hydrogens (tertiary/aromatic N) is 2. The van der Waals surface area contributed by atoms with Gasteiger partial charge in [-0.15, -0.1) is 12.4 Å². The van der Waals surface area contributed by atoms with Crippen LogP contribution in [0.4, 0.5) is 4.39 Å². The molecular formula is C15H21ClFN3O. The summed E-state index contributed by atoms with van der Waals surface area (Å²) in [5, 5.41) is 7.13. The fraction of sp³-hybridized carbons (Fsp3) is 0.467. The third kappa shape index (κ3) is 4.02. The Morgan fingerprint density at radius 2 is 2.10 bits per heavy atom. The molecule has 4 nitrogen and oxygen atoms in total. The average Bonchev–Trinajstić information content (AvgIpc) is 2.87. The Hall–Kier alpha value is -1.46. The van der Waals surface area contributed by atoms with Crippen molar-refractivity contribution >= 4 is 12.4 Å². The minimum Gasteiger partial charge on any atom is -0.338 e. The Morgan fingerprint density at radius 1 is 1.38 bits per heavy atom. The van der Waals surface area contributed by atoms with E-state index in [9.17, 15) is 4.39 Å². The van der Waals surface area contributed by atoms with Gasteiger partial charge in [-0.3, -0.25) is 0 Å². The molecule has 0 spiro atoms. The van der Waals surface area contributed by atoms with Crippen molar-refractivity contribution in [3.8, 4) is 0 Å². The second kappa shape index (κ2) is 7.00. The maximum Gasteiger partial charge on any atom is 0.236 e. The van der Waals surface area contributed by atoms with Crippen LogP contribution in [0, 0.1) is 5.82 Å². The summed E-state index contributed by atoms with van der Waals surface area (Å²) in [6, 6.07) is 6.75. The van der Waals surface area contributed by atoms with Crippen LogP contribution >= 0.6 is 12.4 Å². The Morgan fingerprint density at radius 3 is 2.71 bits per heavy atom. The van der Waals surface area contributed by atoms with Crippen LogP contribution in [0.5, 0.6) is 0 Å². The second-order valence-corrected chi connectivity index (χ2v) is 5.54. The second-order valence-electron chi connectivity index (χ2n) is 5.54. The van der Waals surface area contributed by atoms with Gasteiger partial charge in [0.1, 0.15) is 5.82 Å². The predicted molar refractivity (Wildman–Crippen MR) is 82.3 cm³/mol. The van der Waals surface area contributed by atoms with Gasteiger partial charge in [-0.25, -0.2) is 4.39 Å². The fourth-order valence-electron chi connectivity index (χ4n) is 1.97. The van der Waals surface area contributed by atoms with Crippen molar-refractivity contribution in [2.75, 3.05) is 7.05 Å². The van der Waals surface area contributed by atoms with Crippen LogP contribution in [0.1, 0.15) is 38.0 Å². The maximum absolute atomic E-state index is 13.4. The summed E-state index contributed by atoms with van der Waals surface area (Å²) >= 11 is 0. The first-order valence-electron chi connectivity index (χ1n) is 6.70. The molecule has 1 heterocycles. The molecule has 1 aromatic heterocycles. The largest absolute Gasteiger partial charge is 0.338 e. The van der Waals surface area contributed by atoms with Crippen LogP contribution in [-0.2, 0) is 11.8 Å². The lowest BCUT2D eigenvalue weighted by Crippen LogP contribution is -2.24. The van der Waals surface area contributed by atoms with E-state index in [0.29, 0.717) is 18.1 Å². The Labute approximate surface area is 130 Å². The number of hydrogen-bond donors (Lipinski definition) is 1. The molecule has 0 amide bonds. The van der Waals surface area contributed by atoms with Gasteiger partial charge >= 0.3 is 0 Å². The number of nitrogens with one attached hydrogen (secondary N) is 1. The molecule has 116 valence electrons. The number of halogens is 2. The van der Waals surface area contributed by atoms with Crippen molar-refractivity contribution in [1.29, 1.82) is 0 Å². The third-order valence-corrected chi connectivity index (χ3v) is 3.53. The standard InChI is InChI=1S/C15H20FN3O.ClH/c1-10(17-4)8-13-18-14(20-19-13)15(2,3)11-6-5-7-12(16)9-11;/h5-7,9-10,17H,8H2,1-4H3;1H. The molecule has 0 saturated heterocycles. The molecule has 6 heteroatoms. The fourth-order valence-corrected chi connectivity index (χ4v) is 1.97. The van der Waals surface area contributed by atoms with Gasteiger partial charge < -0.3 is 9.84 Å². The number of hydrogen-bond acceptors (Lipinski definition) is 4. The highest BCUT2D eigenvalue weighted by atomic mass is 35.5. The lowest BCUT2D eigenvalue weighted by atomic mass is 9.84. The molecule has 0 bridgehead atoms. The summed E-state index contributed by atoms with van der Waals surface area (Å²) in [5.41, 5.74) is 0.297. The third-order valence-electron chi connectivity index (χ3n) is 3.53. The van der Waals surface area contributed by atoms with Crippen LogP contribution in [0.25, 0.3) is 0 Å². The molecule has 1 N–H and O–H groups in total.